The van der Waals surface area contributed by atoms with Crippen molar-refractivity contribution >= 4 is 3.27 Å². The molecule has 0 fully saturated rings. The van der Waals surface area contributed by atoms with Crippen molar-refractivity contribution < 1.29 is 48.0 Å². The van der Waals surface area contributed by atoms with Crippen molar-refractivity contribution in [3.8, 4) is 11.1 Å². The van der Waals surface area contributed by atoms with E-state index in [9.17, 15) is 0 Å². The number of hydrogen-bond acceptors (Lipinski definition) is 0. The molecule has 0 bridgehead atoms. The van der Waals surface area contributed by atoms with E-state index >= 15 is 0 Å². The minimum absolute atomic E-state index is 0. The molecule has 0 N–H and O–H groups in total. The van der Waals surface area contributed by atoms with Crippen LogP contribution in [0.5, 0.6) is 0 Å². The Bertz CT molecular complexity index is 1100. The largest absolute Gasteiger partial charge is 1.00 e. The van der Waals surface area contributed by atoms with Crippen LogP contribution in [0.2, 0.25) is 0 Å². The maximum atomic E-state index is 2.58. The summed E-state index contributed by atoms with van der Waals surface area (Å²) in [6.07, 6.45) is 7.31. The molecular formula is C30H38Cl2Zr. The summed E-state index contributed by atoms with van der Waals surface area (Å²) in [6.45, 7) is 21.1. The minimum Gasteiger partial charge on any atom is -1.00 e. The Hall–Kier alpha value is -0.617. The van der Waals surface area contributed by atoms with Crippen molar-refractivity contribution in [1.29, 1.82) is 0 Å². The third-order valence-corrected chi connectivity index (χ3v) is 10.2. The summed E-state index contributed by atoms with van der Waals surface area (Å²) in [7, 11) is 0. The van der Waals surface area contributed by atoms with Crippen LogP contribution in [-0.4, -0.2) is 0 Å². The molecular weight excluding hydrogens is 522 g/mol. The summed E-state index contributed by atoms with van der Waals surface area (Å²) < 4.78 is 3.43. The summed E-state index contributed by atoms with van der Waals surface area (Å²) in [6, 6.07) is 12.3. The summed E-state index contributed by atoms with van der Waals surface area (Å²) in [5.41, 5.74) is 11.2. The van der Waals surface area contributed by atoms with Gasteiger partial charge in [0.05, 0.1) is 0 Å². The molecule has 0 saturated heterocycles. The molecule has 33 heavy (non-hydrogen) atoms. The standard InChI is InChI=1S/C21H25.C9H13.2ClH.Zr/c1-20(2,3)16-9-7-14-11-15-8-10-17(21(4,5)6)13-19(15)18(14)12-16;1-9(2,3)8-6-4-5-7-8;;;/h7,9-10,12-13H,11H2,1-6H3;6-7H,4H2,1-3H3;2*1H;/q;;;;+2/p-2. The first-order valence-corrected chi connectivity index (χ1v) is 14.2. The molecule has 0 saturated carbocycles. The maximum Gasteiger partial charge on any atom is -1.00 e. The second-order valence-electron chi connectivity index (χ2n) is 12.5. The molecule has 2 aromatic carbocycles. The Morgan fingerprint density at radius 1 is 0.697 bits per heavy atom. The van der Waals surface area contributed by atoms with Crippen molar-refractivity contribution in [1.82, 2.24) is 0 Å². The van der Waals surface area contributed by atoms with Crippen molar-refractivity contribution in [3.63, 3.8) is 0 Å². The van der Waals surface area contributed by atoms with Crippen LogP contribution in [0.25, 0.3) is 11.1 Å². The van der Waals surface area contributed by atoms with Crippen LogP contribution in [0.3, 0.4) is 0 Å². The fourth-order valence-corrected chi connectivity index (χ4v) is 7.98. The normalized spacial score (nSPS) is 14.9. The molecule has 0 heterocycles. The van der Waals surface area contributed by atoms with Crippen molar-refractivity contribution in [2.45, 2.75) is 86.0 Å². The summed E-state index contributed by atoms with van der Waals surface area (Å²) in [5, 5.41) is 0. The molecule has 176 valence electrons. The average Bonchev–Trinajstić information content (AvgIpc) is 3.24. The van der Waals surface area contributed by atoms with E-state index in [1.54, 1.807) is 12.1 Å². The van der Waals surface area contributed by atoms with Gasteiger partial charge in [-0.2, -0.15) is 0 Å². The van der Waals surface area contributed by atoms with Gasteiger partial charge in [-0.05, 0) is 0 Å². The molecule has 4 rings (SSSR count). The van der Waals surface area contributed by atoms with Crippen molar-refractivity contribution in [3.05, 3.63) is 73.6 Å². The fraction of sp³-hybridized carbons (Fsp3) is 0.467. The van der Waals surface area contributed by atoms with Gasteiger partial charge in [0, 0.05) is 0 Å². The Morgan fingerprint density at radius 3 is 1.85 bits per heavy atom. The predicted octanol–water partition coefficient (Wildman–Crippen LogP) is 1.83. The van der Waals surface area contributed by atoms with Crippen LogP contribution in [0.1, 0.15) is 91.0 Å². The second-order valence-corrected chi connectivity index (χ2v) is 16.0. The van der Waals surface area contributed by atoms with Gasteiger partial charge in [0.2, 0.25) is 0 Å². The van der Waals surface area contributed by atoms with Gasteiger partial charge >= 0.3 is 203 Å². The number of hydrogen-bond donors (Lipinski definition) is 0. The zero-order chi connectivity index (χ0) is 22.8. The Morgan fingerprint density at radius 2 is 1.30 bits per heavy atom. The van der Waals surface area contributed by atoms with E-state index in [0.717, 1.165) is 6.42 Å². The monoisotopic (exact) mass is 558 g/mol. The van der Waals surface area contributed by atoms with Crippen LogP contribution in [0.15, 0.2) is 51.3 Å². The molecule has 2 aliphatic carbocycles. The molecule has 0 amide bonds. The number of allylic oxidation sites excluding steroid dienone is 4. The molecule has 0 aliphatic heterocycles. The van der Waals surface area contributed by atoms with Gasteiger partial charge in [-0.3, -0.25) is 0 Å². The molecule has 0 aromatic heterocycles. The first kappa shape index (κ1) is 28.6. The van der Waals surface area contributed by atoms with E-state index in [4.69, 9.17) is 0 Å². The smallest absolute Gasteiger partial charge is 1.00 e. The third kappa shape index (κ3) is 5.97. The minimum atomic E-state index is -0.814. The van der Waals surface area contributed by atoms with E-state index in [1.165, 1.54) is 39.8 Å². The first-order chi connectivity index (χ1) is 14.2. The SMILES string of the molecule is CC(C)(C)C1=CC[C]([Zr+2][c]2cc(C(C)(C)C)cc3c2Cc2ccc(C(C)(C)C)cc2-3)=C1.[Cl-].[Cl-]. The van der Waals surface area contributed by atoms with Gasteiger partial charge < -0.3 is 24.8 Å². The third-order valence-electron chi connectivity index (χ3n) is 6.78. The van der Waals surface area contributed by atoms with Crippen LogP contribution in [0.4, 0.5) is 0 Å². The zero-order valence-corrected chi connectivity index (χ0v) is 25.7. The average molecular weight is 561 g/mol. The van der Waals surface area contributed by atoms with Gasteiger partial charge in [0.1, 0.15) is 0 Å². The quantitative estimate of drug-likeness (QED) is 0.449. The predicted molar refractivity (Wildman–Crippen MR) is 132 cm³/mol. The zero-order valence-electron chi connectivity index (χ0n) is 21.7. The summed E-state index contributed by atoms with van der Waals surface area (Å²) in [4.78, 5) is 0. The molecule has 2 aromatic rings. The van der Waals surface area contributed by atoms with Crippen molar-refractivity contribution in [2.24, 2.45) is 5.41 Å². The van der Waals surface area contributed by atoms with Gasteiger partial charge in [-0.25, -0.2) is 0 Å². The van der Waals surface area contributed by atoms with Gasteiger partial charge in [0.25, 0.3) is 0 Å². The van der Waals surface area contributed by atoms with Crippen molar-refractivity contribution in [2.75, 3.05) is 0 Å². The number of fused-ring (bicyclic) bond motifs is 3. The fourth-order valence-electron chi connectivity index (χ4n) is 4.59. The molecule has 2 aliphatic rings. The van der Waals surface area contributed by atoms with Crippen LogP contribution in [0, 0.1) is 5.41 Å². The van der Waals surface area contributed by atoms with E-state index in [2.05, 4.69) is 105 Å². The van der Waals surface area contributed by atoms with E-state index in [0.29, 0.717) is 0 Å². The van der Waals surface area contributed by atoms with E-state index < -0.39 is 23.2 Å². The molecule has 0 atom stereocenters. The van der Waals surface area contributed by atoms with Crippen LogP contribution < -0.4 is 28.1 Å². The van der Waals surface area contributed by atoms with E-state index in [1.807, 2.05) is 0 Å². The van der Waals surface area contributed by atoms with Crippen LogP contribution in [-0.2, 0) is 40.5 Å². The summed E-state index contributed by atoms with van der Waals surface area (Å²) in [5.74, 6) is 0. The molecule has 0 radical (unpaired) electrons. The van der Waals surface area contributed by atoms with Crippen LogP contribution >= 0.6 is 0 Å². The Balaban J connectivity index is 0.00000193. The molecule has 3 heteroatoms. The van der Waals surface area contributed by atoms with Gasteiger partial charge in [0.15, 0.2) is 0 Å². The topological polar surface area (TPSA) is 0 Å². The number of benzene rings is 2. The number of rotatable bonds is 2. The number of halogens is 2. The molecule has 0 spiro atoms. The second kappa shape index (κ2) is 9.80. The van der Waals surface area contributed by atoms with Gasteiger partial charge in [-0.1, -0.05) is 0 Å². The molecule has 0 unspecified atom stereocenters. The summed E-state index contributed by atoms with van der Waals surface area (Å²) >= 11 is -0.814. The first-order valence-electron chi connectivity index (χ1n) is 11.7. The Labute approximate surface area is 226 Å². The van der Waals surface area contributed by atoms with Gasteiger partial charge in [-0.15, -0.1) is 0 Å². The Kier molecular flexibility index (Phi) is 8.50. The van der Waals surface area contributed by atoms with E-state index in [-0.39, 0.29) is 41.1 Å². The maximum absolute atomic E-state index is 2.58. The molecule has 0 nitrogen and oxygen atoms in total.